The lowest BCUT2D eigenvalue weighted by atomic mass is 9.85. The highest BCUT2D eigenvalue weighted by atomic mass is 16.5. The summed E-state index contributed by atoms with van der Waals surface area (Å²) in [5, 5.41) is 3.76. The minimum atomic E-state index is 0.0654. The number of nitrogens with one attached hydrogen (secondary N) is 1. The Hall–Kier alpha value is -0.900. The van der Waals surface area contributed by atoms with Gasteiger partial charge in [-0.3, -0.25) is 4.90 Å². The maximum absolute atomic E-state index is 5.43. The molecule has 3 nitrogen and oxygen atoms in total. The zero-order chi connectivity index (χ0) is 14.0. The quantitative estimate of drug-likeness (QED) is 0.916. The third-order valence-electron chi connectivity index (χ3n) is 4.99. The molecule has 1 aliphatic heterocycles. The maximum Gasteiger partial charge on any atom is 0.0601 e. The lowest BCUT2D eigenvalue weighted by Gasteiger charge is -2.44. The fourth-order valence-corrected chi connectivity index (χ4v) is 3.53. The van der Waals surface area contributed by atoms with Gasteiger partial charge in [0.2, 0.25) is 0 Å². The van der Waals surface area contributed by atoms with Crippen molar-refractivity contribution in [3.05, 3.63) is 35.9 Å². The van der Waals surface area contributed by atoms with Crippen molar-refractivity contribution in [3.8, 4) is 0 Å². The Morgan fingerprint density at radius 3 is 2.70 bits per heavy atom. The molecular formula is C17H26N2O. The molecule has 1 saturated heterocycles. The number of hydrogen-bond acceptors (Lipinski definition) is 3. The van der Waals surface area contributed by atoms with Crippen LogP contribution in [0, 0.1) is 0 Å². The molecule has 1 atom stereocenters. The van der Waals surface area contributed by atoms with Gasteiger partial charge in [-0.1, -0.05) is 30.3 Å². The Morgan fingerprint density at radius 2 is 2.00 bits per heavy atom. The zero-order valence-electron chi connectivity index (χ0n) is 12.6. The van der Waals surface area contributed by atoms with Gasteiger partial charge in [0.1, 0.15) is 0 Å². The van der Waals surface area contributed by atoms with Crippen LogP contribution in [0.1, 0.15) is 31.7 Å². The number of ether oxygens (including phenoxy) is 1. The van der Waals surface area contributed by atoms with Gasteiger partial charge in [0.05, 0.1) is 11.6 Å². The predicted molar refractivity (Wildman–Crippen MR) is 81.8 cm³/mol. The molecule has 0 radical (unpaired) electrons. The highest BCUT2D eigenvalue weighted by Gasteiger charge is 2.38. The Kier molecular flexibility index (Phi) is 4.11. The molecule has 3 rings (SSSR count). The summed E-state index contributed by atoms with van der Waals surface area (Å²) in [6, 6.07) is 11.6. The Labute approximate surface area is 122 Å². The number of nitrogens with zero attached hydrogens (tertiary/aromatic N) is 1. The summed E-state index contributed by atoms with van der Waals surface area (Å²) in [5.41, 5.74) is 1.46. The fourth-order valence-electron chi connectivity index (χ4n) is 3.53. The van der Waals surface area contributed by atoms with E-state index in [0.29, 0.717) is 12.1 Å². The smallest absolute Gasteiger partial charge is 0.0601 e. The average Bonchev–Trinajstić information content (AvgIpc) is 2.62. The van der Waals surface area contributed by atoms with Gasteiger partial charge in [-0.2, -0.15) is 0 Å². The summed E-state index contributed by atoms with van der Waals surface area (Å²) in [5.74, 6) is 0. The molecule has 1 unspecified atom stereocenters. The summed E-state index contributed by atoms with van der Waals surface area (Å²) < 4.78 is 5.43. The van der Waals surface area contributed by atoms with E-state index in [1.165, 1.54) is 31.4 Å². The summed E-state index contributed by atoms with van der Waals surface area (Å²) in [6.45, 7) is 5.74. The Bertz CT molecular complexity index is 430. The number of methoxy groups -OCH3 is 1. The third-order valence-corrected chi connectivity index (χ3v) is 4.99. The normalized spacial score (nSPS) is 35.3. The third kappa shape index (κ3) is 2.76. The monoisotopic (exact) mass is 274 g/mol. The second-order valence-corrected chi connectivity index (χ2v) is 6.43. The second kappa shape index (κ2) is 5.84. The highest BCUT2D eigenvalue weighted by Crippen LogP contribution is 2.32. The Balaban J connectivity index is 1.72. The molecule has 1 N–H and O–H groups in total. The van der Waals surface area contributed by atoms with Gasteiger partial charge in [0.15, 0.2) is 0 Å². The van der Waals surface area contributed by atoms with E-state index in [1.807, 2.05) is 7.11 Å². The van der Waals surface area contributed by atoms with Crippen LogP contribution in [0.4, 0.5) is 0 Å². The lowest BCUT2D eigenvalue weighted by molar-refractivity contribution is -0.0312. The summed E-state index contributed by atoms with van der Waals surface area (Å²) in [6.07, 6.45) is 4.11. The van der Waals surface area contributed by atoms with Crippen LogP contribution in [0.2, 0.25) is 0 Å². The first-order valence-corrected chi connectivity index (χ1v) is 7.79. The van der Waals surface area contributed by atoms with E-state index in [0.717, 1.165) is 13.1 Å². The van der Waals surface area contributed by atoms with Crippen LogP contribution in [0.5, 0.6) is 0 Å². The molecule has 1 aromatic carbocycles. The molecule has 2 aliphatic rings. The standard InChI is InChI=1S/C17H26N2O/c1-17(14-7-4-3-5-8-14)13-19(10-6-9-18-17)15-11-16(12-15)20-2/h3-5,7-8,15-16,18H,6,9-13H2,1-2H3. The summed E-state index contributed by atoms with van der Waals surface area (Å²) in [7, 11) is 1.83. The Morgan fingerprint density at radius 1 is 1.25 bits per heavy atom. The van der Waals surface area contributed by atoms with Gasteiger partial charge in [-0.05, 0) is 44.8 Å². The van der Waals surface area contributed by atoms with E-state index < -0.39 is 0 Å². The van der Waals surface area contributed by atoms with Crippen LogP contribution in [0.15, 0.2) is 30.3 Å². The first kappa shape index (κ1) is 14.1. The topological polar surface area (TPSA) is 24.5 Å². The molecule has 2 fully saturated rings. The van der Waals surface area contributed by atoms with E-state index in [2.05, 4.69) is 47.5 Å². The minimum Gasteiger partial charge on any atom is -0.381 e. The van der Waals surface area contributed by atoms with Gasteiger partial charge in [-0.25, -0.2) is 0 Å². The van der Waals surface area contributed by atoms with Gasteiger partial charge in [0, 0.05) is 19.7 Å². The number of rotatable bonds is 3. The van der Waals surface area contributed by atoms with Gasteiger partial charge >= 0.3 is 0 Å². The molecule has 20 heavy (non-hydrogen) atoms. The van der Waals surface area contributed by atoms with Crippen molar-refractivity contribution in [3.63, 3.8) is 0 Å². The van der Waals surface area contributed by atoms with E-state index in [9.17, 15) is 0 Å². The molecule has 1 heterocycles. The molecule has 0 bridgehead atoms. The molecule has 1 aliphatic carbocycles. The van der Waals surface area contributed by atoms with Gasteiger partial charge < -0.3 is 10.1 Å². The predicted octanol–water partition coefficient (Wildman–Crippen LogP) is 2.37. The lowest BCUT2D eigenvalue weighted by Crippen LogP contribution is -2.53. The summed E-state index contributed by atoms with van der Waals surface area (Å²) >= 11 is 0. The van der Waals surface area contributed by atoms with Crippen LogP contribution in [-0.4, -0.2) is 43.8 Å². The molecule has 1 saturated carbocycles. The number of hydrogen-bond donors (Lipinski definition) is 1. The van der Waals surface area contributed by atoms with Gasteiger partial charge in [0.25, 0.3) is 0 Å². The van der Waals surface area contributed by atoms with Crippen molar-refractivity contribution in [1.82, 2.24) is 10.2 Å². The molecule has 110 valence electrons. The van der Waals surface area contributed by atoms with Crippen molar-refractivity contribution in [2.24, 2.45) is 0 Å². The van der Waals surface area contributed by atoms with Crippen molar-refractivity contribution in [2.45, 2.75) is 43.9 Å². The minimum absolute atomic E-state index is 0.0654. The van der Waals surface area contributed by atoms with E-state index in [1.54, 1.807) is 0 Å². The average molecular weight is 274 g/mol. The first-order valence-electron chi connectivity index (χ1n) is 7.79. The van der Waals surface area contributed by atoms with E-state index in [4.69, 9.17) is 4.74 Å². The van der Waals surface area contributed by atoms with Crippen LogP contribution in [0.25, 0.3) is 0 Å². The van der Waals surface area contributed by atoms with Crippen molar-refractivity contribution in [2.75, 3.05) is 26.7 Å². The van der Waals surface area contributed by atoms with E-state index in [-0.39, 0.29) is 5.54 Å². The van der Waals surface area contributed by atoms with E-state index >= 15 is 0 Å². The van der Waals surface area contributed by atoms with Crippen molar-refractivity contribution >= 4 is 0 Å². The molecule has 1 aromatic rings. The molecule has 3 heteroatoms. The van der Waals surface area contributed by atoms with Crippen LogP contribution in [0.3, 0.4) is 0 Å². The molecular weight excluding hydrogens is 248 g/mol. The van der Waals surface area contributed by atoms with Crippen molar-refractivity contribution < 1.29 is 4.74 Å². The largest absolute Gasteiger partial charge is 0.381 e. The van der Waals surface area contributed by atoms with Crippen LogP contribution >= 0.6 is 0 Å². The summed E-state index contributed by atoms with van der Waals surface area (Å²) in [4.78, 5) is 2.67. The van der Waals surface area contributed by atoms with Gasteiger partial charge in [-0.15, -0.1) is 0 Å². The van der Waals surface area contributed by atoms with Crippen molar-refractivity contribution in [1.29, 1.82) is 0 Å². The second-order valence-electron chi connectivity index (χ2n) is 6.43. The maximum atomic E-state index is 5.43. The molecule has 0 spiro atoms. The fraction of sp³-hybridized carbons (Fsp3) is 0.647. The molecule has 0 amide bonds. The van der Waals surface area contributed by atoms with Crippen LogP contribution in [-0.2, 0) is 10.3 Å². The number of benzene rings is 1. The highest BCUT2D eigenvalue weighted by molar-refractivity contribution is 5.24. The first-order chi connectivity index (χ1) is 9.71. The SMILES string of the molecule is COC1CC(N2CCCNC(C)(c3ccccc3)C2)C1. The molecule has 0 aromatic heterocycles. The van der Waals surface area contributed by atoms with Crippen LogP contribution < -0.4 is 5.32 Å². The zero-order valence-corrected chi connectivity index (χ0v) is 12.6.